The fraction of sp³-hybridized carbons (Fsp3) is 0.250. The number of benzene rings is 1. The van der Waals surface area contributed by atoms with E-state index in [2.05, 4.69) is 5.32 Å². The summed E-state index contributed by atoms with van der Waals surface area (Å²) in [6, 6.07) is 3.00. The van der Waals surface area contributed by atoms with Gasteiger partial charge in [0.2, 0.25) is 0 Å². The minimum Gasteiger partial charge on any atom is -0.379 e. The molecule has 0 saturated carbocycles. The van der Waals surface area contributed by atoms with E-state index in [0.717, 1.165) is 18.5 Å². The summed E-state index contributed by atoms with van der Waals surface area (Å²) in [5.41, 5.74) is 1.55. The second-order valence-electron chi connectivity index (χ2n) is 2.85. The van der Waals surface area contributed by atoms with Crippen LogP contribution in [0.4, 0.5) is 11.4 Å². The van der Waals surface area contributed by atoms with Gasteiger partial charge in [-0.1, -0.05) is 11.6 Å². The lowest BCUT2D eigenvalue weighted by molar-refractivity contribution is -0.383. The summed E-state index contributed by atoms with van der Waals surface area (Å²) in [5.74, 6) is 0. The second-order valence-corrected chi connectivity index (χ2v) is 3.26. The van der Waals surface area contributed by atoms with Crippen molar-refractivity contribution in [3.05, 3.63) is 32.8 Å². The van der Waals surface area contributed by atoms with Gasteiger partial charge in [-0.25, -0.2) is 0 Å². The van der Waals surface area contributed by atoms with Gasteiger partial charge in [-0.2, -0.15) is 0 Å². The molecule has 0 aromatic heterocycles. The van der Waals surface area contributed by atoms with Crippen molar-refractivity contribution in [2.75, 3.05) is 11.9 Å². The third kappa shape index (κ3) is 1.23. The number of rotatable bonds is 1. The number of nitrogens with zero attached hydrogens (tertiary/aromatic N) is 1. The molecule has 0 unspecified atom stereocenters. The van der Waals surface area contributed by atoms with Crippen molar-refractivity contribution < 1.29 is 4.92 Å². The van der Waals surface area contributed by atoms with Crippen molar-refractivity contribution in [2.45, 2.75) is 6.42 Å². The van der Waals surface area contributed by atoms with Crippen LogP contribution in [0, 0.1) is 10.1 Å². The van der Waals surface area contributed by atoms with Crippen LogP contribution in [0.15, 0.2) is 12.1 Å². The average Bonchev–Trinajstić information content (AvgIpc) is 2.53. The van der Waals surface area contributed by atoms with Crippen molar-refractivity contribution in [3.8, 4) is 0 Å². The van der Waals surface area contributed by atoms with Crippen LogP contribution in [0.5, 0.6) is 0 Å². The molecule has 1 aliphatic rings. The number of hydrogen-bond acceptors (Lipinski definition) is 3. The van der Waals surface area contributed by atoms with Gasteiger partial charge in [0.15, 0.2) is 0 Å². The van der Waals surface area contributed by atoms with E-state index < -0.39 is 4.92 Å². The van der Waals surface area contributed by atoms with E-state index in [9.17, 15) is 10.1 Å². The zero-order chi connectivity index (χ0) is 9.42. The van der Waals surface area contributed by atoms with Gasteiger partial charge in [-0.3, -0.25) is 10.1 Å². The van der Waals surface area contributed by atoms with Gasteiger partial charge in [-0.05, 0) is 12.5 Å². The molecule has 1 aromatic rings. The van der Waals surface area contributed by atoms with E-state index in [0.29, 0.717) is 10.7 Å². The Balaban J connectivity index is 2.62. The monoisotopic (exact) mass is 198 g/mol. The van der Waals surface area contributed by atoms with Crippen molar-refractivity contribution in [3.63, 3.8) is 0 Å². The minimum absolute atomic E-state index is 0.108. The Kier molecular flexibility index (Phi) is 1.84. The number of nitro groups is 1. The zero-order valence-corrected chi connectivity index (χ0v) is 7.47. The van der Waals surface area contributed by atoms with Gasteiger partial charge in [0.25, 0.3) is 5.69 Å². The van der Waals surface area contributed by atoms with E-state index in [-0.39, 0.29) is 5.69 Å². The average molecular weight is 199 g/mol. The van der Waals surface area contributed by atoms with Crippen molar-refractivity contribution in [2.24, 2.45) is 0 Å². The summed E-state index contributed by atoms with van der Waals surface area (Å²) in [6.07, 6.45) is 0.760. The van der Waals surface area contributed by atoms with Gasteiger partial charge in [-0.15, -0.1) is 0 Å². The van der Waals surface area contributed by atoms with Crippen LogP contribution < -0.4 is 5.32 Å². The molecular formula is C8H7ClN2O2. The molecule has 5 heteroatoms. The molecule has 1 aromatic carbocycles. The highest BCUT2D eigenvalue weighted by Crippen LogP contribution is 2.36. The molecule has 0 fully saturated rings. The topological polar surface area (TPSA) is 55.2 Å². The second kappa shape index (κ2) is 2.88. The normalized spacial score (nSPS) is 13.6. The summed E-state index contributed by atoms with van der Waals surface area (Å²) in [6.45, 7) is 0.722. The zero-order valence-electron chi connectivity index (χ0n) is 6.71. The van der Waals surface area contributed by atoms with Gasteiger partial charge in [0, 0.05) is 23.2 Å². The largest absolute Gasteiger partial charge is 0.379 e. The highest BCUT2D eigenvalue weighted by Gasteiger charge is 2.23. The van der Waals surface area contributed by atoms with Crippen LogP contribution in [0.2, 0.25) is 5.02 Å². The van der Waals surface area contributed by atoms with Crippen molar-refractivity contribution >= 4 is 23.0 Å². The summed E-state index contributed by atoms with van der Waals surface area (Å²) >= 11 is 5.88. The fourth-order valence-electron chi connectivity index (χ4n) is 1.52. The van der Waals surface area contributed by atoms with E-state index in [1.807, 2.05) is 0 Å². The van der Waals surface area contributed by atoms with E-state index in [1.54, 1.807) is 6.07 Å². The fourth-order valence-corrected chi connectivity index (χ4v) is 1.77. The minimum atomic E-state index is -0.395. The lowest BCUT2D eigenvalue weighted by Gasteiger charge is -2.02. The Labute approximate surface area is 79.7 Å². The summed E-state index contributed by atoms with van der Waals surface area (Å²) in [7, 11) is 0. The molecule has 0 radical (unpaired) electrons. The number of fused-ring (bicyclic) bond motifs is 1. The van der Waals surface area contributed by atoms with Crippen LogP contribution in [0.1, 0.15) is 5.56 Å². The highest BCUT2D eigenvalue weighted by atomic mass is 35.5. The third-order valence-electron chi connectivity index (χ3n) is 2.11. The molecule has 0 bridgehead atoms. The molecule has 0 saturated heterocycles. The third-order valence-corrected chi connectivity index (χ3v) is 2.46. The van der Waals surface area contributed by atoms with Crippen LogP contribution in [0.3, 0.4) is 0 Å². The summed E-state index contributed by atoms with van der Waals surface area (Å²) in [5, 5.41) is 14.2. The van der Waals surface area contributed by atoms with Crippen LogP contribution in [-0.4, -0.2) is 11.5 Å². The molecule has 68 valence electrons. The van der Waals surface area contributed by atoms with Gasteiger partial charge < -0.3 is 5.32 Å². The van der Waals surface area contributed by atoms with Gasteiger partial charge >= 0.3 is 0 Å². The molecule has 2 rings (SSSR count). The Hall–Kier alpha value is -1.29. The van der Waals surface area contributed by atoms with E-state index in [1.165, 1.54) is 6.07 Å². The smallest absolute Gasteiger partial charge is 0.292 e. The van der Waals surface area contributed by atoms with Crippen molar-refractivity contribution in [1.82, 2.24) is 0 Å². The van der Waals surface area contributed by atoms with Gasteiger partial charge in [0.1, 0.15) is 5.69 Å². The molecule has 0 spiro atoms. The molecule has 13 heavy (non-hydrogen) atoms. The first-order chi connectivity index (χ1) is 6.20. The molecule has 0 amide bonds. The molecular weight excluding hydrogens is 192 g/mol. The van der Waals surface area contributed by atoms with Crippen LogP contribution in [-0.2, 0) is 6.42 Å². The molecule has 1 N–H and O–H groups in total. The molecule has 4 nitrogen and oxygen atoms in total. The lowest BCUT2D eigenvalue weighted by Crippen LogP contribution is -1.96. The first-order valence-electron chi connectivity index (χ1n) is 3.90. The quantitative estimate of drug-likeness (QED) is 0.556. The summed E-state index contributed by atoms with van der Waals surface area (Å²) in [4.78, 5) is 10.2. The SMILES string of the molecule is O=[N+]([O-])c1ccc(Cl)c2c1NCC2. The maximum atomic E-state index is 10.6. The highest BCUT2D eigenvalue weighted by molar-refractivity contribution is 6.32. The molecule has 0 aliphatic carbocycles. The number of halogens is 1. The van der Waals surface area contributed by atoms with Crippen LogP contribution in [0.25, 0.3) is 0 Å². The van der Waals surface area contributed by atoms with Crippen molar-refractivity contribution in [1.29, 1.82) is 0 Å². The van der Waals surface area contributed by atoms with E-state index >= 15 is 0 Å². The number of nitrogens with one attached hydrogen (secondary N) is 1. The predicted molar refractivity (Wildman–Crippen MR) is 50.3 cm³/mol. The molecule has 0 atom stereocenters. The van der Waals surface area contributed by atoms with Crippen LogP contribution >= 0.6 is 11.6 Å². The first-order valence-corrected chi connectivity index (χ1v) is 4.27. The first kappa shape index (κ1) is 8.31. The number of hydrogen-bond donors (Lipinski definition) is 1. The lowest BCUT2D eigenvalue weighted by atomic mass is 10.1. The maximum absolute atomic E-state index is 10.6. The molecule has 1 aliphatic heterocycles. The predicted octanol–water partition coefficient (Wildman–Crippen LogP) is 2.22. The number of anilines is 1. The summed E-state index contributed by atoms with van der Waals surface area (Å²) < 4.78 is 0. The Bertz CT molecular complexity index is 379. The Morgan fingerprint density at radius 3 is 3.00 bits per heavy atom. The standard InChI is InChI=1S/C8H7ClN2O2/c9-6-1-2-7(11(12)13)8-5(6)3-4-10-8/h1-2,10H,3-4H2. The maximum Gasteiger partial charge on any atom is 0.292 e. The molecule has 1 heterocycles. The van der Waals surface area contributed by atoms with E-state index in [4.69, 9.17) is 11.6 Å². The number of nitro benzene ring substituents is 1. The van der Waals surface area contributed by atoms with Gasteiger partial charge in [0.05, 0.1) is 4.92 Å². The Morgan fingerprint density at radius 1 is 1.54 bits per heavy atom. The Morgan fingerprint density at radius 2 is 2.31 bits per heavy atom.